The summed E-state index contributed by atoms with van der Waals surface area (Å²) in [6, 6.07) is -0.850. The van der Waals surface area contributed by atoms with Crippen LogP contribution in [0.1, 0.15) is 219 Å². The fraction of sp³-hybridized carbons (Fsp3) is 0.977. The molecule has 7 unspecified atom stereocenters. The van der Waals surface area contributed by atoms with Crippen molar-refractivity contribution < 1.29 is 51.8 Å². The molecule has 1 fully saturated rings. The molecule has 6 N–H and O–H groups in total. The first-order valence-corrected chi connectivity index (χ1v) is 24.8. The third-order valence-electron chi connectivity index (χ3n) is 11.4. The highest BCUT2D eigenvalue weighted by atomic mass is 32.3. The number of hydrogen-bond acceptors (Lipinski definition) is 10. The second-order valence-corrected chi connectivity index (χ2v) is 17.8. The summed E-state index contributed by atoms with van der Waals surface area (Å²) in [5.74, 6) is -0.227. The number of ether oxygens (including phenoxy) is 2. The van der Waals surface area contributed by atoms with E-state index in [4.69, 9.17) is 14.0 Å². The van der Waals surface area contributed by atoms with Crippen LogP contribution in [-0.4, -0.2) is 95.4 Å². The van der Waals surface area contributed by atoms with Crippen LogP contribution in [-0.2, 0) is 28.9 Å². The van der Waals surface area contributed by atoms with Gasteiger partial charge in [0.25, 0.3) is 0 Å². The van der Waals surface area contributed by atoms with Crippen molar-refractivity contribution in [2.45, 2.75) is 262 Å². The van der Waals surface area contributed by atoms with Gasteiger partial charge in [-0.1, -0.05) is 200 Å². The van der Waals surface area contributed by atoms with Crippen LogP contribution in [0.5, 0.6) is 0 Å². The van der Waals surface area contributed by atoms with E-state index < -0.39 is 59.9 Å². The molecule has 1 rings (SSSR count). The summed E-state index contributed by atoms with van der Waals surface area (Å²) >= 11 is 0. The summed E-state index contributed by atoms with van der Waals surface area (Å²) < 4.78 is 47.6. The van der Waals surface area contributed by atoms with E-state index >= 15 is 0 Å². The molecule has 1 amide bonds. The molecule has 0 radical (unpaired) electrons. The third-order valence-corrected chi connectivity index (χ3v) is 11.9. The molecule has 0 bridgehead atoms. The molecule has 7 atom stereocenters. The predicted octanol–water partition coefficient (Wildman–Crippen LogP) is 9.00. The molecule has 13 heteroatoms. The van der Waals surface area contributed by atoms with Crippen LogP contribution in [0.2, 0.25) is 0 Å². The van der Waals surface area contributed by atoms with Crippen molar-refractivity contribution in [3.63, 3.8) is 0 Å². The minimum absolute atomic E-state index is 0.227. The van der Waals surface area contributed by atoms with Gasteiger partial charge in [-0.25, -0.2) is 4.18 Å². The van der Waals surface area contributed by atoms with Crippen molar-refractivity contribution in [2.75, 3.05) is 13.2 Å². The van der Waals surface area contributed by atoms with E-state index in [0.717, 1.165) is 51.4 Å². The lowest BCUT2D eigenvalue weighted by Crippen LogP contribution is -2.61. The van der Waals surface area contributed by atoms with Gasteiger partial charge in [0.05, 0.1) is 25.4 Å². The number of aliphatic hydroxyl groups excluding tert-OH is 4. The lowest BCUT2D eigenvalue weighted by molar-refractivity contribution is -0.298. The number of carbonyl (C=O) groups excluding carboxylic acids is 1. The summed E-state index contributed by atoms with van der Waals surface area (Å²) in [5.41, 5.74) is 0. The van der Waals surface area contributed by atoms with Gasteiger partial charge < -0.3 is 35.2 Å². The van der Waals surface area contributed by atoms with Gasteiger partial charge in [-0.05, 0) is 12.8 Å². The number of unbranched alkanes of at least 4 members (excludes halogenated alkanes) is 28. The first-order chi connectivity index (χ1) is 27.5. The number of rotatable bonds is 40. The van der Waals surface area contributed by atoms with Crippen LogP contribution in [0.4, 0.5) is 0 Å². The van der Waals surface area contributed by atoms with Crippen LogP contribution in [0.3, 0.4) is 0 Å². The summed E-state index contributed by atoms with van der Waals surface area (Å²) in [6.45, 7) is 3.44. The van der Waals surface area contributed by atoms with Gasteiger partial charge in [-0.3, -0.25) is 9.35 Å². The number of carbonyl (C=O) groups is 1. The summed E-state index contributed by atoms with van der Waals surface area (Å²) in [4.78, 5) is 13.0. The largest absolute Gasteiger partial charge is 0.397 e. The lowest BCUT2D eigenvalue weighted by atomic mass is 9.99. The minimum Gasteiger partial charge on any atom is -0.394 e. The average molecular weight is 838 g/mol. The number of amides is 1. The maximum atomic E-state index is 13.0. The van der Waals surface area contributed by atoms with Crippen molar-refractivity contribution in [2.24, 2.45) is 0 Å². The quantitative estimate of drug-likeness (QED) is 0.0255. The van der Waals surface area contributed by atoms with E-state index in [9.17, 15) is 33.6 Å². The molecule has 0 aromatic rings. The number of hydrogen-bond donors (Lipinski definition) is 6. The van der Waals surface area contributed by atoms with Gasteiger partial charge in [0.1, 0.15) is 24.4 Å². The maximum Gasteiger partial charge on any atom is 0.397 e. The van der Waals surface area contributed by atoms with E-state index in [1.807, 2.05) is 0 Å². The van der Waals surface area contributed by atoms with Gasteiger partial charge in [0.2, 0.25) is 5.91 Å². The topological polar surface area (TPSA) is 192 Å². The highest BCUT2D eigenvalue weighted by Crippen LogP contribution is 2.26. The summed E-state index contributed by atoms with van der Waals surface area (Å²) in [7, 11) is -5.07. The van der Waals surface area contributed by atoms with Crippen LogP contribution in [0, 0.1) is 0 Å². The lowest BCUT2D eigenvalue weighted by Gasteiger charge is -2.41. The Hall–Kier alpha value is -0.900. The number of nitrogens with one attached hydrogen (secondary N) is 1. The van der Waals surface area contributed by atoms with Crippen molar-refractivity contribution in [3.05, 3.63) is 0 Å². The van der Waals surface area contributed by atoms with Crippen molar-refractivity contribution in [1.82, 2.24) is 5.32 Å². The second kappa shape index (κ2) is 35.8. The van der Waals surface area contributed by atoms with Gasteiger partial charge >= 0.3 is 10.4 Å². The molecule has 0 aromatic heterocycles. The van der Waals surface area contributed by atoms with Crippen LogP contribution >= 0.6 is 0 Å². The highest BCUT2D eigenvalue weighted by Gasteiger charge is 2.48. The van der Waals surface area contributed by atoms with E-state index in [2.05, 4.69) is 23.3 Å². The van der Waals surface area contributed by atoms with Gasteiger partial charge in [0, 0.05) is 6.42 Å². The molecule has 1 aliphatic heterocycles. The van der Waals surface area contributed by atoms with Crippen molar-refractivity contribution in [1.29, 1.82) is 0 Å². The van der Waals surface area contributed by atoms with E-state index in [0.29, 0.717) is 12.8 Å². The minimum atomic E-state index is -5.07. The molecule has 340 valence electrons. The zero-order valence-corrected chi connectivity index (χ0v) is 37.0. The predicted molar refractivity (Wildman–Crippen MR) is 227 cm³/mol. The molecule has 0 aliphatic carbocycles. The van der Waals surface area contributed by atoms with E-state index in [-0.39, 0.29) is 12.5 Å². The van der Waals surface area contributed by atoms with Gasteiger partial charge in [-0.15, -0.1) is 0 Å². The third kappa shape index (κ3) is 29.1. The molecule has 0 spiro atoms. The Bertz CT molecular complexity index is 1040. The monoisotopic (exact) mass is 838 g/mol. The molecule has 0 aromatic carbocycles. The fourth-order valence-electron chi connectivity index (χ4n) is 7.75. The molecular weight excluding hydrogens is 751 g/mol. The average Bonchev–Trinajstić information content (AvgIpc) is 3.18. The molecule has 1 heterocycles. The zero-order valence-electron chi connectivity index (χ0n) is 36.2. The molecule has 1 saturated heterocycles. The molecular formula is C44H87NO11S. The molecule has 57 heavy (non-hydrogen) atoms. The Labute approximate surface area is 347 Å². The smallest absolute Gasteiger partial charge is 0.394 e. The Morgan fingerprint density at radius 1 is 0.632 bits per heavy atom. The Balaban J connectivity index is 2.41. The van der Waals surface area contributed by atoms with Crippen molar-refractivity contribution in [3.8, 4) is 0 Å². The van der Waals surface area contributed by atoms with E-state index in [1.165, 1.54) is 141 Å². The van der Waals surface area contributed by atoms with Crippen molar-refractivity contribution >= 4 is 16.3 Å². The first kappa shape index (κ1) is 54.1. The molecule has 12 nitrogen and oxygen atoms in total. The summed E-state index contributed by atoms with van der Waals surface area (Å²) in [6.07, 6.45) is 28.3. The SMILES string of the molecule is CCCCCCCCCCCCCCCCCCCCCCC(=O)NC(COC1OC(CO)C(O)C(OS(=O)(=O)O)C1O)C(O)CCCCCCCCCCCC. The first-order valence-electron chi connectivity index (χ1n) is 23.4. The normalized spacial score (nSPS) is 21.1. The Kier molecular flexibility index (Phi) is 34.0. The fourth-order valence-corrected chi connectivity index (χ4v) is 8.26. The molecule has 1 aliphatic rings. The second-order valence-electron chi connectivity index (χ2n) is 16.7. The number of aliphatic hydroxyl groups is 4. The van der Waals surface area contributed by atoms with Gasteiger partial charge in [0.15, 0.2) is 6.29 Å². The van der Waals surface area contributed by atoms with Crippen LogP contribution < -0.4 is 5.32 Å². The highest BCUT2D eigenvalue weighted by molar-refractivity contribution is 7.80. The maximum absolute atomic E-state index is 13.0. The zero-order chi connectivity index (χ0) is 42.0. The standard InChI is InChI=1S/C44H87NO11S/c1-3-5-7-9-11-13-15-16-17-18-19-20-21-22-23-24-26-28-30-32-34-40(48)45-37(38(47)33-31-29-27-25-14-12-10-8-6-4-2)36-54-44-42(50)43(56-57(51,52)53)41(49)39(35-46)55-44/h37-39,41-44,46-47,49-50H,3-36H2,1-2H3,(H,45,48)(H,51,52,53). The van der Waals surface area contributed by atoms with Crippen LogP contribution in [0.25, 0.3) is 0 Å². The molecule has 0 saturated carbocycles. The Morgan fingerprint density at radius 3 is 1.40 bits per heavy atom. The Morgan fingerprint density at radius 2 is 1.02 bits per heavy atom. The van der Waals surface area contributed by atoms with E-state index in [1.54, 1.807) is 0 Å². The van der Waals surface area contributed by atoms with Crippen LogP contribution in [0.15, 0.2) is 0 Å². The summed E-state index contributed by atoms with van der Waals surface area (Å²) in [5, 5.41) is 44.7. The van der Waals surface area contributed by atoms with Gasteiger partial charge in [-0.2, -0.15) is 8.42 Å².